The summed E-state index contributed by atoms with van der Waals surface area (Å²) < 4.78 is 9.60. The second kappa shape index (κ2) is 7.79. The molecule has 0 aliphatic rings. The lowest BCUT2D eigenvalue weighted by atomic mass is 10.2. The van der Waals surface area contributed by atoms with Crippen molar-refractivity contribution in [3.8, 4) is 5.75 Å². The van der Waals surface area contributed by atoms with Crippen LogP contribution in [-0.4, -0.2) is 37.9 Å². The van der Waals surface area contributed by atoms with Gasteiger partial charge in [0.2, 0.25) is 0 Å². The fraction of sp³-hybridized carbons (Fsp3) is 0.333. The predicted octanol–water partition coefficient (Wildman–Crippen LogP) is 2.33. The van der Waals surface area contributed by atoms with Crippen molar-refractivity contribution in [1.82, 2.24) is 24.2 Å². The number of rotatable bonds is 8. The van der Waals surface area contributed by atoms with Gasteiger partial charge in [-0.3, -0.25) is 9.58 Å². The number of hydrogen-bond donors (Lipinski definition) is 0. The van der Waals surface area contributed by atoms with Gasteiger partial charge in [0.1, 0.15) is 12.4 Å². The molecular weight excluding hydrogens is 302 g/mol. The van der Waals surface area contributed by atoms with Gasteiger partial charge in [0.25, 0.3) is 0 Å². The van der Waals surface area contributed by atoms with Crippen LogP contribution in [0.2, 0.25) is 0 Å². The monoisotopic (exact) mass is 325 g/mol. The summed E-state index contributed by atoms with van der Waals surface area (Å²) in [6.45, 7) is 3.22. The van der Waals surface area contributed by atoms with E-state index in [4.69, 9.17) is 4.74 Å². The second-order valence-corrected chi connectivity index (χ2v) is 5.99. The molecule has 0 aliphatic carbocycles. The van der Waals surface area contributed by atoms with Gasteiger partial charge in [0.05, 0.1) is 19.1 Å². The molecule has 0 N–H and O–H groups in total. The normalized spacial score (nSPS) is 11.1. The number of nitrogens with zero attached hydrogens (tertiary/aromatic N) is 5. The van der Waals surface area contributed by atoms with Crippen molar-refractivity contribution >= 4 is 0 Å². The fourth-order valence-corrected chi connectivity index (χ4v) is 2.61. The van der Waals surface area contributed by atoms with Crippen LogP contribution in [0.3, 0.4) is 0 Å². The first-order valence-corrected chi connectivity index (χ1v) is 8.02. The molecule has 6 nitrogen and oxygen atoms in total. The minimum absolute atomic E-state index is 0.636. The van der Waals surface area contributed by atoms with E-state index in [0.717, 1.165) is 25.4 Å². The van der Waals surface area contributed by atoms with Gasteiger partial charge >= 0.3 is 0 Å². The molecule has 0 saturated heterocycles. The first kappa shape index (κ1) is 16.3. The molecule has 0 saturated carbocycles. The van der Waals surface area contributed by atoms with Crippen LogP contribution in [0.1, 0.15) is 11.1 Å². The molecule has 0 unspecified atom stereocenters. The summed E-state index contributed by atoms with van der Waals surface area (Å²) in [6.07, 6.45) is 9.47. The smallest absolute Gasteiger partial charge is 0.119 e. The largest absolute Gasteiger partial charge is 0.492 e. The van der Waals surface area contributed by atoms with Crippen molar-refractivity contribution in [2.24, 2.45) is 7.05 Å². The molecule has 3 rings (SSSR count). The zero-order chi connectivity index (χ0) is 16.8. The predicted molar refractivity (Wildman–Crippen MR) is 92.5 cm³/mol. The highest BCUT2D eigenvalue weighted by Crippen LogP contribution is 2.14. The summed E-state index contributed by atoms with van der Waals surface area (Å²) in [7, 11) is 4.05. The van der Waals surface area contributed by atoms with E-state index >= 15 is 0 Å². The third-order valence-corrected chi connectivity index (χ3v) is 3.76. The van der Waals surface area contributed by atoms with Crippen LogP contribution in [0, 0.1) is 0 Å². The van der Waals surface area contributed by atoms with Crippen LogP contribution in [0.25, 0.3) is 0 Å². The van der Waals surface area contributed by atoms with E-state index in [1.54, 1.807) is 12.5 Å². The highest BCUT2D eigenvalue weighted by atomic mass is 16.5. The third kappa shape index (κ3) is 4.70. The second-order valence-electron chi connectivity index (χ2n) is 5.99. The number of aromatic nitrogens is 4. The number of benzene rings is 1. The third-order valence-electron chi connectivity index (χ3n) is 3.76. The minimum atomic E-state index is 0.636. The standard InChI is InChI=1S/C18H23N5O/c1-21(13-17-11-20-22(2)14-17)12-16-3-5-18(6-4-16)24-10-9-23-8-7-19-15-23/h3-8,11,14-15H,9-10,12-13H2,1-2H3. The van der Waals surface area contributed by atoms with Gasteiger partial charge in [0.15, 0.2) is 0 Å². The van der Waals surface area contributed by atoms with E-state index in [0.29, 0.717) is 6.61 Å². The van der Waals surface area contributed by atoms with Crippen molar-refractivity contribution in [2.75, 3.05) is 13.7 Å². The molecule has 1 aromatic carbocycles. The van der Waals surface area contributed by atoms with E-state index in [2.05, 4.69) is 34.2 Å². The Morgan fingerprint density at radius 2 is 1.92 bits per heavy atom. The van der Waals surface area contributed by atoms with Crippen molar-refractivity contribution in [2.45, 2.75) is 19.6 Å². The van der Waals surface area contributed by atoms with Gasteiger partial charge < -0.3 is 9.30 Å². The Morgan fingerprint density at radius 1 is 1.12 bits per heavy atom. The van der Waals surface area contributed by atoms with Crippen LogP contribution in [0.4, 0.5) is 0 Å². The fourth-order valence-electron chi connectivity index (χ4n) is 2.61. The molecule has 0 spiro atoms. The van der Waals surface area contributed by atoms with E-state index in [1.807, 2.05) is 47.0 Å². The Morgan fingerprint density at radius 3 is 2.58 bits per heavy atom. The lowest BCUT2D eigenvalue weighted by molar-refractivity contribution is 0.297. The van der Waals surface area contributed by atoms with Gasteiger partial charge in [-0.1, -0.05) is 12.1 Å². The average Bonchev–Trinajstić information content (AvgIpc) is 3.21. The van der Waals surface area contributed by atoms with Gasteiger partial charge in [-0.25, -0.2) is 4.98 Å². The topological polar surface area (TPSA) is 48.1 Å². The van der Waals surface area contributed by atoms with Crippen molar-refractivity contribution in [3.63, 3.8) is 0 Å². The maximum Gasteiger partial charge on any atom is 0.119 e. The lowest BCUT2D eigenvalue weighted by Crippen LogP contribution is -2.16. The molecule has 0 bridgehead atoms. The summed E-state index contributed by atoms with van der Waals surface area (Å²) in [6, 6.07) is 8.29. The zero-order valence-electron chi connectivity index (χ0n) is 14.2. The SMILES string of the molecule is CN(Cc1ccc(OCCn2ccnc2)cc1)Cc1cnn(C)c1. The molecule has 24 heavy (non-hydrogen) atoms. The van der Waals surface area contributed by atoms with Crippen LogP contribution in [-0.2, 0) is 26.7 Å². The molecule has 0 aliphatic heterocycles. The molecule has 0 radical (unpaired) electrons. The Kier molecular flexibility index (Phi) is 5.28. The molecule has 126 valence electrons. The van der Waals surface area contributed by atoms with Gasteiger partial charge in [0, 0.05) is 44.3 Å². The Hall–Kier alpha value is -2.60. The maximum atomic E-state index is 5.76. The molecule has 0 amide bonds. The Bertz CT molecular complexity index is 733. The maximum absolute atomic E-state index is 5.76. The van der Waals surface area contributed by atoms with Crippen LogP contribution in [0.15, 0.2) is 55.4 Å². The summed E-state index contributed by atoms with van der Waals surface area (Å²) in [5.74, 6) is 0.897. The summed E-state index contributed by atoms with van der Waals surface area (Å²) in [5.41, 5.74) is 2.49. The van der Waals surface area contributed by atoms with Crippen LogP contribution < -0.4 is 4.74 Å². The highest BCUT2D eigenvalue weighted by Gasteiger charge is 2.04. The summed E-state index contributed by atoms with van der Waals surface area (Å²) in [4.78, 5) is 6.29. The van der Waals surface area contributed by atoms with Gasteiger partial charge in [-0.15, -0.1) is 0 Å². The molecule has 3 aromatic rings. The minimum Gasteiger partial charge on any atom is -0.492 e. The zero-order valence-corrected chi connectivity index (χ0v) is 14.2. The molecule has 2 aromatic heterocycles. The van der Waals surface area contributed by atoms with E-state index in [1.165, 1.54) is 11.1 Å². The van der Waals surface area contributed by atoms with Crippen LogP contribution >= 0.6 is 0 Å². The highest BCUT2D eigenvalue weighted by molar-refractivity contribution is 5.27. The number of ether oxygens (including phenoxy) is 1. The molecule has 2 heterocycles. The van der Waals surface area contributed by atoms with Gasteiger partial charge in [-0.05, 0) is 24.7 Å². The lowest BCUT2D eigenvalue weighted by Gasteiger charge is -2.16. The Labute approximate surface area is 142 Å². The number of aryl methyl sites for hydroxylation is 1. The van der Waals surface area contributed by atoms with Gasteiger partial charge in [-0.2, -0.15) is 5.10 Å². The van der Waals surface area contributed by atoms with E-state index in [9.17, 15) is 0 Å². The van der Waals surface area contributed by atoms with E-state index in [-0.39, 0.29) is 0 Å². The molecule has 6 heteroatoms. The van der Waals surface area contributed by atoms with Crippen LogP contribution in [0.5, 0.6) is 5.75 Å². The molecule has 0 atom stereocenters. The Balaban J connectivity index is 1.45. The number of hydrogen-bond acceptors (Lipinski definition) is 4. The number of imidazole rings is 1. The quantitative estimate of drug-likeness (QED) is 0.638. The first-order valence-electron chi connectivity index (χ1n) is 8.02. The van der Waals surface area contributed by atoms with E-state index < -0.39 is 0 Å². The molecule has 0 fully saturated rings. The van der Waals surface area contributed by atoms with Crippen molar-refractivity contribution in [1.29, 1.82) is 0 Å². The molecular formula is C18H23N5O. The first-order chi connectivity index (χ1) is 11.7. The van der Waals surface area contributed by atoms with Crippen molar-refractivity contribution in [3.05, 3.63) is 66.5 Å². The van der Waals surface area contributed by atoms with Crippen molar-refractivity contribution < 1.29 is 4.74 Å². The summed E-state index contributed by atoms with van der Waals surface area (Å²) in [5, 5.41) is 4.20. The summed E-state index contributed by atoms with van der Waals surface area (Å²) >= 11 is 0. The average molecular weight is 325 g/mol.